The summed E-state index contributed by atoms with van der Waals surface area (Å²) in [5.74, 6) is 1.95. The number of hydrogen-bond donors (Lipinski definition) is 0. The van der Waals surface area contributed by atoms with E-state index in [1.807, 2.05) is 12.1 Å². The molecule has 2 rings (SSSR count). The summed E-state index contributed by atoms with van der Waals surface area (Å²) in [6.07, 6.45) is 1.74. The highest BCUT2D eigenvalue weighted by atomic mass is 16.3. The smallest absolute Gasteiger partial charge is 0.111 e. The van der Waals surface area contributed by atoms with E-state index >= 15 is 0 Å². The Hall–Kier alpha value is -1.50. The molecule has 15 heavy (non-hydrogen) atoms. The summed E-state index contributed by atoms with van der Waals surface area (Å²) in [7, 11) is 0. The molecule has 0 saturated heterocycles. The third-order valence-corrected chi connectivity index (χ3v) is 2.68. The Bertz CT molecular complexity index is 387. The van der Waals surface area contributed by atoms with Gasteiger partial charge in [-0.1, -0.05) is 44.2 Å². The van der Waals surface area contributed by atoms with Crippen LogP contribution in [0.2, 0.25) is 0 Å². The molecule has 0 aliphatic carbocycles. The Morgan fingerprint density at radius 3 is 2.20 bits per heavy atom. The topological polar surface area (TPSA) is 13.1 Å². The Kier molecular flexibility index (Phi) is 2.91. The first-order valence-corrected chi connectivity index (χ1v) is 5.37. The predicted molar refractivity (Wildman–Crippen MR) is 61.8 cm³/mol. The maximum Gasteiger partial charge on any atom is 0.111 e. The molecule has 0 fully saturated rings. The van der Waals surface area contributed by atoms with E-state index in [2.05, 4.69) is 44.2 Å². The molecule has 0 aliphatic heterocycles. The van der Waals surface area contributed by atoms with Crippen molar-refractivity contribution < 1.29 is 4.42 Å². The quantitative estimate of drug-likeness (QED) is 0.728. The summed E-state index contributed by atoms with van der Waals surface area (Å²) < 4.78 is 5.51. The fourth-order valence-corrected chi connectivity index (χ4v) is 2.01. The van der Waals surface area contributed by atoms with Gasteiger partial charge in [0.15, 0.2) is 0 Å². The zero-order valence-electron chi connectivity index (χ0n) is 9.18. The van der Waals surface area contributed by atoms with Crippen molar-refractivity contribution in [3.63, 3.8) is 0 Å². The summed E-state index contributed by atoms with van der Waals surface area (Å²) in [6.45, 7) is 4.44. The Morgan fingerprint density at radius 1 is 0.933 bits per heavy atom. The Labute approximate surface area is 90.7 Å². The van der Waals surface area contributed by atoms with Crippen LogP contribution >= 0.6 is 0 Å². The lowest BCUT2D eigenvalue weighted by atomic mass is 9.86. The van der Waals surface area contributed by atoms with Gasteiger partial charge in [0.2, 0.25) is 0 Å². The van der Waals surface area contributed by atoms with Crippen LogP contribution in [0.3, 0.4) is 0 Å². The van der Waals surface area contributed by atoms with Crippen LogP contribution in [0.25, 0.3) is 0 Å². The number of hydrogen-bond acceptors (Lipinski definition) is 1. The van der Waals surface area contributed by atoms with Gasteiger partial charge in [-0.25, -0.2) is 0 Å². The third kappa shape index (κ3) is 2.12. The van der Waals surface area contributed by atoms with Crippen molar-refractivity contribution in [3.05, 3.63) is 60.1 Å². The van der Waals surface area contributed by atoms with Gasteiger partial charge >= 0.3 is 0 Å². The normalized spacial score (nSPS) is 13.0. The van der Waals surface area contributed by atoms with Crippen molar-refractivity contribution in [2.45, 2.75) is 19.8 Å². The van der Waals surface area contributed by atoms with E-state index in [9.17, 15) is 0 Å². The second-order valence-corrected chi connectivity index (χ2v) is 4.15. The molecule has 0 aliphatic rings. The van der Waals surface area contributed by atoms with Gasteiger partial charge < -0.3 is 4.42 Å². The molecule has 0 N–H and O–H groups in total. The zero-order valence-corrected chi connectivity index (χ0v) is 9.18. The highest BCUT2D eigenvalue weighted by Crippen LogP contribution is 2.31. The minimum absolute atomic E-state index is 0.362. The van der Waals surface area contributed by atoms with E-state index in [1.54, 1.807) is 6.26 Å². The molecule has 0 amide bonds. The van der Waals surface area contributed by atoms with Gasteiger partial charge in [-0.3, -0.25) is 0 Å². The molecule has 0 bridgehead atoms. The minimum atomic E-state index is 0.362. The highest BCUT2D eigenvalue weighted by Gasteiger charge is 2.19. The van der Waals surface area contributed by atoms with Crippen LogP contribution in [0.4, 0.5) is 0 Å². The van der Waals surface area contributed by atoms with Gasteiger partial charge in [-0.15, -0.1) is 0 Å². The first-order valence-electron chi connectivity index (χ1n) is 5.37. The van der Waals surface area contributed by atoms with E-state index in [1.165, 1.54) is 5.56 Å². The van der Waals surface area contributed by atoms with Crippen LogP contribution in [0, 0.1) is 5.92 Å². The monoisotopic (exact) mass is 200 g/mol. The summed E-state index contributed by atoms with van der Waals surface area (Å²) >= 11 is 0. The van der Waals surface area contributed by atoms with E-state index in [0.29, 0.717) is 11.8 Å². The summed E-state index contributed by atoms with van der Waals surface area (Å²) in [6, 6.07) is 14.5. The predicted octanol–water partition coefficient (Wildman–Crippen LogP) is 4.07. The van der Waals surface area contributed by atoms with E-state index in [0.717, 1.165) is 5.76 Å². The largest absolute Gasteiger partial charge is 0.469 e. The lowest BCUT2D eigenvalue weighted by molar-refractivity contribution is 0.431. The third-order valence-electron chi connectivity index (χ3n) is 2.68. The van der Waals surface area contributed by atoms with Crippen LogP contribution in [0.15, 0.2) is 53.1 Å². The van der Waals surface area contributed by atoms with Crippen molar-refractivity contribution >= 4 is 0 Å². The van der Waals surface area contributed by atoms with Gasteiger partial charge in [0, 0.05) is 5.92 Å². The molecule has 1 heteroatoms. The first-order chi connectivity index (χ1) is 7.29. The molecular weight excluding hydrogens is 184 g/mol. The Balaban J connectivity index is 2.37. The second kappa shape index (κ2) is 4.35. The highest BCUT2D eigenvalue weighted by molar-refractivity contribution is 5.27. The first kappa shape index (κ1) is 10.0. The van der Waals surface area contributed by atoms with Crippen LogP contribution in [-0.2, 0) is 0 Å². The van der Waals surface area contributed by atoms with Gasteiger partial charge in [0.25, 0.3) is 0 Å². The Morgan fingerprint density at radius 2 is 1.67 bits per heavy atom. The lowest BCUT2D eigenvalue weighted by Gasteiger charge is -2.18. The van der Waals surface area contributed by atoms with Crippen LogP contribution in [-0.4, -0.2) is 0 Å². The summed E-state index contributed by atoms with van der Waals surface area (Å²) in [4.78, 5) is 0. The van der Waals surface area contributed by atoms with Crippen molar-refractivity contribution in [2.24, 2.45) is 5.92 Å². The maximum absolute atomic E-state index is 5.51. The van der Waals surface area contributed by atoms with Gasteiger partial charge in [-0.2, -0.15) is 0 Å². The molecule has 0 saturated carbocycles. The van der Waals surface area contributed by atoms with Crippen molar-refractivity contribution in [2.75, 3.05) is 0 Å². The molecule has 1 heterocycles. The van der Waals surface area contributed by atoms with E-state index in [4.69, 9.17) is 4.42 Å². The fraction of sp³-hybridized carbons (Fsp3) is 0.286. The fourth-order valence-electron chi connectivity index (χ4n) is 2.01. The molecular formula is C14H16O. The second-order valence-electron chi connectivity index (χ2n) is 4.15. The van der Waals surface area contributed by atoms with E-state index in [-0.39, 0.29) is 0 Å². The zero-order chi connectivity index (χ0) is 10.7. The lowest BCUT2D eigenvalue weighted by Crippen LogP contribution is -2.07. The molecule has 1 nitrogen and oxygen atoms in total. The minimum Gasteiger partial charge on any atom is -0.469 e. The molecule has 0 unspecified atom stereocenters. The van der Waals surface area contributed by atoms with Gasteiger partial charge in [0.05, 0.1) is 6.26 Å². The average Bonchev–Trinajstić information content (AvgIpc) is 2.72. The summed E-state index contributed by atoms with van der Waals surface area (Å²) in [5, 5.41) is 0. The molecule has 1 atom stereocenters. The van der Waals surface area contributed by atoms with Crippen molar-refractivity contribution in [1.29, 1.82) is 0 Å². The molecule has 1 aromatic heterocycles. The standard InChI is InChI=1S/C14H16O/c1-11(2)14(13-9-6-10-15-13)12-7-4-3-5-8-12/h3-11,14H,1-2H3/t14-/m1/s1. The van der Waals surface area contributed by atoms with E-state index < -0.39 is 0 Å². The SMILES string of the molecule is CC(C)[C@H](c1ccccc1)c1ccco1. The molecule has 0 spiro atoms. The molecule has 0 radical (unpaired) electrons. The number of rotatable bonds is 3. The molecule has 1 aromatic carbocycles. The van der Waals surface area contributed by atoms with Crippen LogP contribution < -0.4 is 0 Å². The molecule has 2 aromatic rings. The number of furan rings is 1. The van der Waals surface area contributed by atoms with Crippen molar-refractivity contribution in [3.8, 4) is 0 Å². The van der Waals surface area contributed by atoms with Crippen molar-refractivity contribution in [1.82, 2.24) is 0 Å². The van der Waals surface area contributed by atoms with Gasteiger partial charge in [-0.05, 0) is 23.6 Å². The molecule has 78 valence electrons. The van der Waals surface area contributed by atoms with Gasteiger partial charge in [0.1, 0.15) is 5.76 Å². The average molecular weight is 200 g/mol. The maximum atomic E-state index is 5.51. The number of benzene rings is 1. The van der Waals surface area contributed by atoms with Crippen LogP contribution in [0.1, 0.15) is 31.1 Å². The summed E-state index contributed by atoms with van der Waals surface area (Å²) in [5.41, 5.74) is 1.32. The van der Waals surface area contributed by atoms with Crippen LogP contribution in [0.5, 0.6) is 0 Å².